The van der Waals surface area contributed by atoms with Crippen LogP contribution in [0.3, 0.4) is 0 Å². The smallest absolute Gasteiger partial charge is 0.00672 e. The van der Waals surface area contributed by atoms with Gasteiger partial charge in [0.05, 0.1) is 0 Å². The summed E-state index contributed by atoms with van der Waals surface area (Å²) < 4.78 is 0. The molecule has 1 nitrogen and oxygen atoms in total. The third-order valence-corrected chi connectivity index (χ3v) is 3.58. The summed E-state index contributed by atoms with van der Waals surface area (Å²) in [6.45, 7) is 8.15. The fourth-order valence-electron chi connectivity index (χ4n) is 2.35. The maximum atomic E-state index is 3.70. The van der Waals surface area contributed by atoms with Crippen molar-refractivity contribution in [2.75, 3.05) is 6.54 Å². The fraction of sp³-hybridized carbons (Fsp3) is 1.00. The van der Waals surface area contributed by atoms with Crippen LogP contribution in [0.25, 0.3) is 0 Å². The molecule has 0 bridgehead atoms. The summed E-state index contributed by atoms with van der Waals surface area (Å²) in [6, 6.07) is 0.830. The van der Waals surface area contributed by atoms with Gasteiger partial charge in [-0.15, -0.1) is 0 Å². The summed E-state index contributed by atoms with van der Waals surface area (Å²) in [5, 5.41) is 3.70. The second-order valence-electron chi connectivity index (χ2n) is 5.26. The number of rotatable bonds is 5. The van der Waals surface area contributed by atoms with Crippen LogP contribution >= 0.6 is 0 Å². The molecule has 1 fully saturated rings. The quantitative estimate of drug-likeness (QED) is 0.710. The molecular formula is C13H27N. The van der Waals surface area contributed by atoms with Gasteiger partial charge in [0.15, 0.2) is 0 Å². The second kappa shape index (κ2) is 6.44. The zero-order valence-corrected chi connectivity index (χ0v) is 10.2. The summed E-state index contributed by atoms with van der Waals surface area (Å²) in [5.41, 5.74) is 0. The highest BCUT2D eigenvalue weighted by atomic mass is 14.9. The van der Waals surface area contributed by atoms with Gasteiger partial charge < -0.3 is 5.32 Å². The molecule has 1 aliphatic rings. The zero-order valence-electron chi connectivity index (χ0n) is 10.2. The Hall–Kier alpha value is -0.0400. The van der Waals surface area contributed by atoms with Gasteiger partial charge in [0, 0.05) is 6.04 Å². The predicted molar refractivity (Wildman–Crippen MR) is 63.5 cm³/mol. The Morgan fingerprint density at radius 2 is 1.79 bits per heavy atom. The molecule has 1 aliphatic carbocycles. The molecule has 1 N–H and O–H groups in total. The van der Waals surface area contributed by atoms with Gasteiger partial charge in [0.1, 0.15) is 0 Å². The van der Waals surface area contributed by atoms with Crippen molar-refractivity contribution in [3.63, 3.8) is 0 Å². The topological polar surface area (TPSA) is 12.0 Å². The van der Waals surface area contributed by atoms with Gasteiger partial charge in [-0.2, -0.15) is 0 Å². The molecule has 0 saturated heterocycles. The maximum Gasteiger partial charge on any atom is 0.00672 e. The minimum Gasteiger partial charge on any atom is -0.314 e. The summed E-state index contributed by atoms with van der Waals surface area (Å²) in [4.78, 5) is 0. The minimum atomic E-state index is 0.830. The Labute approximate surface area is 89.7 Å². The van der Waals surface area contributed by atoms with E-state index in [0.717, 1.165) is 17.9 Å². The minimum absolute atomic E-state index is 0.830. The average molecular weight is 197 g/mol. The standard InChI is InChI=1S/C13H27N/c1-4-12-5-7-13(8-6-12)14-10-9-11(2)3/h11-14H,4-10H2,1-3H3/t12-,13-. The van der Waals surface area contributed by atoms with E-state index in [1.54, 1.807) is 0 Å². The lowest BCUT2D eigenvalue weighted by Gasteiger charge is -2.28. The van der Waals surface area contributed by atoms with E-state index in [-0.39, 0.29) is 0 Å². The summed E-state index contributed by atoms with van der Waals surface area (Å²) in [6.07, 6.45) is 8.45. The molecule has 1 saturated carbocycles. The Morgan fingerprint density at radius 1 is 1.14 bits per heavy atom. The van der Waals surface area contributed by atoms with E-state index in [2.05, 4.69) is 26.1 Å². The predicted octanol–water partition coefficient (Wildman–Crippen LogP) is 3.59. The molecule has 1 heteroatoms. The van der Waals surface area contributed by atoms with Gasteiger partial charge in [-0.3, -0.25) is 0 Å². The van der Waals surface area contributed by atoms with Crippen molar-refractivity contribution in [1.29, 1.82) is 0 Å². The van der Waals surface area contributed by atoms with E-state index in [9.17, 15) is 0 Å². The monoisotopic (exact) mass is 197 g/mol. The molecule has 0 aromatic rings. The molecule has 0 heterocycles. The lowest BCUT2D eigenvalue weighted by molar-refractivity contribution is 0.283. The molecular weight excluding hydrogens is 170 g/mol. The first kappa shape index (κ1) is 12.0. The number of hydrogen-bond donors (Lipinski definition) is 1. The van der Waals surface area contributed by atoms with Gasteiger partial charge in [-0.25, -0.2) is 0 Å². The van der Waals surface area contributed by atoms with Crippen molar-refractivity contribution >= 4 is 0 Å². The summed E-state index contributed by atoms with van der Waals surface area (Å²) in [7, 11) is 0. The largest absolute Gasteiger partial charge is 0.314 e. The van der Waals surface area contributed by atoms with Crippen LogP contribution in [0.5, 0.6) is 0 Å². The molecule has 0 radical (unpaired) electrons. The molecule has 0 spiro atoms. The molecule has 0 aromatic carbocycles. The lowest BCUT2D eigenvalue weighted by Crippen LogP contribution is -2.34. The van der Waals surface area contributed by atoms with Crippen LogP contribution in [0.15, 0.2) is 0 Å². The van der Waals surface area contributed by atoms with Crippen LogP contribution in [0.1, 0.15) is 59.3 Å². The molecule has 14 heavy (non-hydrogen) atoms. The fourth-order valence-corrected chi connectivity index (χ4v) is 2.35. The maximum absolute atomic E-state index is 3.70. The van der Waals surface area contributed by atoms with Crippen molar-refractivity contribution in [3.8, 4) is 0 Å². The molecule has 1 rings (SSSR count). The molecule has 0 aromatic heterocycles. The van der Waals surface area contributed by atoms with Crippen LogP contribution in [0, 0.1) is 11.8 Å². The molecule has 0 unspecified atom stereocenters. The Bertz CT molecular complexity index is 134. The first-order valence-corrected chi connectivity index (χ1v) is 6.45. The van der Waals surface area contributed by atoms with Gasteiger partial charge in [0.2, 0.25) is 0 Å². The Morgan fingerprint density at radius 3 is 2.29 bits per heavy atom. The zero-order chi connectivity index (χ0) is 10.4. The van der Waals surface area contributed by atoms with Gasteiger partial charge in [-0.05, 0) is 50.5 Å². The first-order chi connectivity index (χ1) is 6.72. The van der Waals surface area contributed by atoms with Gasteiger partial charge in [-0.1, -0.05) is 27.2 Å². The van der Waals surface area contributed by atoms with Crippen molar-refractivity contribution in [3.05, 3.63) is 0 Å². The molecule has 84 valence electrons. The van der Waals surface area contributed by atoms with E-state index in [4.69, 9.17) is 0 Å². The number of nitrogens with one attached hydrogen (secondary N) is 1. The van der Waals surface area contributed by atoms with Gasteiger partial charge >= 0.3 is 0 Å². The highest BCUT2D eigenvalue weighted by Crippen LogP contribution is 2.26. The highest BCUT2D eigenvalue weighted by Gasteiger charge is 2.18. The molecule has 0 atom stereocenters. The van der Waals surface area contributed by atoms with Crippen LogP contribution < -0.4 is 5.32 Å². The van der Waals surface area contributed by atoms with Crippen molar-refractivity contribution in [2.24, 2.45) is 11.8 Å². The molecule has 0 aliphatic heterocycles. The van der Waals surface area contributed by atoms with E-state index in [0.29, 0.717) is 0 Å². The van der Waals surface area contributed by atoms with E-state index >= 15 is 0 Å². The van der Waals surface area contributed by atoms with Crippen molar-refractivity contribution < 1.29 is 0 Å². The van der Waals surface area contributed by atoms with Crippen LogP contribution in [-0.4, -0.2) is 12.6 Å². The van der Waals surface area contributed by atoms with E-state index < -0.39 is 0 Å². The average Bonchev–Trinajstić information content (AvgIpc) is 2.18. The van der Waals surface area contributed by atoms with E-state index in [1.165, 1.54) is 45.1 Å². The van der Waals surface area contributed by atoms with Crippen LogP contribution in [0.2, 0.25) is 0 Å². The summed E-state index contributed by atoms with van der Waals surface area (Å²) >= 11 is 0. The Balaban J connectivity index is 2.04. The number of hydrogen-bond acceptors (Lipinski definition) is 1. The third kappa shape index (κ3) is 4.45. The molecule has 0 amide bonds. The Kier molecular flexibility index (Phi) is 5.54. The van der Waals surface area contributed by atoms with Crippen LogP contribution in [0.4, 0.5) is 0 Å². The lowest BCUT2D eigenvalue weighted by atomic mass is 9.84. The van der Waals surface area contributed by atoms with Crippen molar-refractivity contribution in [2.45, 2.75) is 65.3 Å². The highest BCUT2D eigenvalue weighted by molar-refractivity contribution is 4.76. The summed E-state index contributed by atoms with van der Waals surface area (Å²) in [5.74, 6) is 1.87. The first-order valence-electron chi connectivity index (χ1n) is 6.45. The van der Waals surface area contributed by atoms with Gasteiger partial charge in [0.25, 0.3) is 0 Å². The van der Waals surface area contributed by atoms with E-state index in [1.807, 2.05) is 0 Å². The second-order valence-corrected chi connectivity index (χ2v) is 5.26. The normalized spacial score (nSPS) is 28.3. The SMILES string of the molecule is CC[C@H]1CC[C@H](NCCC(C)C)CC1. The third-order valence-electron chi connectivity index (χ3n) is 3.58. The van der Waals surface area contributed by atoms with Crippen LogP contribution in [-0.2, 0) is 0 Å². The van der Waals surface area contributed by atoms with Crippen molar-refractivity contribution in [1.82, 2.24) is 5.32 Å².